The molecule has 0 aliphatic carbocycles. The van der Waals surface area contributed by atoms with Crippen LogP contribution >= 0.6 is 34.8 Å². The molecule has 0 unspecified atom stereocenters. The molecule has 0 aliphatic heterocycles. The quantitative estimate of drug-likeness (QED) is 0.338. The van der Waals surface area contributed by atoms with Crippen molar-refractivity contribution in [2.45, 2.75) is 38.9 Å². The van der Waals surface area contributed by atoms with Gasteiger partial charge in [-0.25, -0.2) is 0 Å². The Morgan fingerprint density at radius 2 is 1.54 bits per heavy atom. The number of ether oxygens (including phenoxy) is 1. The number of nitrogens with one attached hydrogen (secondary N) is 1. The highest BCUT2D eigenvalue weighted by Crippen LogP contribution is 2.25. The average Bonchev–Trinajstić information content (AvgIpc) is 2.83. The number of hydrogen-bond donors (Lipinski definition) is 1. The molecule has 1 N–H and O–H groups in total. The van der Waals surface area contributed by atoms with Crippen LogP contribution in [0.25, 0.3) is 0 Å². The van der Waals surface area contributed by atoms with Crippen LogP contribution in [0.4, 0.5) is 0 Å². The van der Waals surface area contributed by atoms with Crippen molar-refractivity contribution in [2.24, 2.45) is 0 Å². The molecule has 0 saturated heterocycles. The van der Waals surface area contributed by atoms with Crippen molar-refractivity contribution in [1.82, 2.24) is 10.2 Å². The molecule has 0 aromatic heterocycles. The molecular formula is C27H27Cl3N2O3. The third kappa shape index (κ3) is 7.89. The predicted octanol–water partition coefficient (Wildman–Crippen LogP) is 6.19. The zero-order valence-corrected chi connectivity index (χ0v) is 21.8. The maximum Gasteiger partial charge on any atom is 0.261 e. The highest BCUT2D eigenvalue weighted by molar-refractivity contribution is 6.42. The van der Waals surface area contributed by atoms with Crippen molar-refractivity contribution in [3.05, 3.63) is 99.0 Å². The average molecular weight is 534 g/mol. The van der Waals surface area contributed by atoms with E-state index in [4.69, 9.17) is 39.5 Å². The van der Waals surface area contributed by atoms with E-state index in [2.05, 4.69) is 5.32 Å². The molecular weight excluding hydrogens is 507 g/mol. The van der Waals surface area contributed by atoms with E-state index in [1.165, 1.54) is 4.90 Å². The first-order chi connectivity index (χ1) is 16.7. The molecule has 1 atom stereocenters. The van der Waals surface area contributed by atoms with Gasteiger partial charge in [-0.3, -0.25) is 9.59 Å². The van der Waals surface area contributed by atoms with Gasteiger partial charge in [0.15, 0.2) is 6.61 Å². The van der Waals surface area contributed by atoms with Crippen LogP contribution in [-0.4, -0.2) is 35.4 Å². The fourth-order valence-electron chi connectivity index (χ4n) is 3.55. The molecule has 0 saturated carbocycles. The van der Waals surface area contributed by atoms with E-state index in [0.29, 0.717) is 27.2 Å². The number of para-hydroxylation sites is 1. The lowest BCUT2D eigenvalue weighted by Crippen LogP contribution is -2.52. The Hall–Kier alpha value is -2.73. The Bertz CT molecular complexity index is 1160. The molecule has 8 heteroatoms. The smallest absolute Gasteiger partial charge is 0.261 e. The maximum absolute atomic E-state index is 13.5. The fourth-order valence-corrected chi connectivity index (χ4v) is 4.06. The van der Waals surface area contributed by atoms with E-state index in [1.807, 2.05) is 44.2 Å². The lowest BCUT2D eigenvalue weighted by Gasteiger charge is -2.32. The third-order valence-electron chi connectivity index (χ3n) is 5.23. The van der Waals surface area contributed by atoms with Crippen molar-refractivity contribution in [2.75, 3.05) is 6.61 Å². The van der Waals surface area contributed by atoms with Crippen LogP contribution in [0, 0.1) is 0 Å². The van der Waals surface area contributed by atoms with Gasteiger partial charge in [-0.05, 0) is 49.2 Å². The number of carbonyl (C=O) groups excluding carboxylic acids is 2. The summed E-state index contributed by atoms with van der Waals surface area (Å²) in [6.45, 7) is 3.61. The second kappa shape index (κ2) is 12.8. The minimum absolute atomic E-state index is 0.0953. The molecule has 3 aromatic carbocycles. The Morgan fingerprint density at radius 1 is 0.857 bits per heavy atom. The predicted molar refractivity (Wildman–Crippen MR) is 141 cm³/mol. The highest BCUT2D eigenvalue weighted by Gasteiger charge is 2.31. The van der Waals surface area contributed by atoms with Crippen molar-refractivity contribution in [3.8, 4) is 5.75 Å². The van der Waals surface area contributed by atoms with Crippen molar-refractivity contribution < 1.29 is 14.3 Å². The zero-order valence-electron chi connectivity index (χ0n) is 19.5. The third-order valence-corrected chi connectivity index (χ3v) is 6.28. The molecule has 0 bridgehead atoms. The van der Waals surface area contributed by atoms with E-state index < -0.39 is 6.04 Å². The van der Waals surface area contributed by atoms with E-state index in [0.717, 1.165) is 11.1 Å². The van der Waals surface area contributed by atoms with Gasteiger partial charge in [0.2, 0.25) is 5.91 Å². The summed E-state index contributed by atoms with van der Waals surface area (Å²) in [6.07, 6.45) is 0.332. The number of rotatable bonds is 10. The lowest BCUT2D eigenvalue weighted by atomic mass is 10.0. The topological polar surface area (TPSA) is 58.6 Å². The maximum atomic E-state index is 13.5. The summed E-state index contributed by atoms with van der Waals surface area (Å²) in [5, 5.41) is 4.12. The summed E-state index contributed by atoms with van der Waals surface area (Å²) < 4.78 is 5.72. The molecule has 2 amide bonds. The molecule has 35 heavy (non-hydrogen) atoms. The van der Waals surface area contributed by atoms with Gasteiger partial charge in [0.1, 0.15) is 11.8 Å². The molecule has 5 nitrogen and oxygen atoms in total. The van der Waals surface area contributed by atoms with Gasteiger partial charge in [0, 0.05) is 19.0 Å². The van der Waals surface area contributed by atoms with E-state index in [-0.39, 0.29) is 31.0 Å². The molecule has 3 rings (SSSR count). The Kier molecular flexibility index (Phi) is 9.84. The summed E-state index contributed by atoms with van der Waals surface area (Å²) in [7, 11) is 0. The first kappa shape index (κ1) is 26.9. The van der Waals surface area contributed by atoms with Crippen LogP contribution in [0.2, 0.25) is 15.1 Å². The van der Waals surface area contributed by atoms with E-state index >= 15 is 0 Å². The Balaban J connectivity index is 1.93. The molecule has 0 fully saturated rings. The van der Waals surface area contributed by atoms with E-state index in [1.54, 1.807) is 42.5 Å². The fraction of sp³-hybridized carbons (Fsp3) is 0.259. The molecule has 0 heterocycles. The number of carbonyl (C=O) groups is 2. The first-order valence-corrected chi connectivity index (χ1v) is 12.3. The summed E-state index contributed by atoms with van der Waals surface area (Å²) in [4.78, 5) is 28.4. The van der Waals surface area contributed by atoms with Crippen LogP contribution < -0.4 is 10.1 Å². The number of hydrogen-bond acceptors (Lipinski definition) is 3. The van der Waals surface area contributed by atoms with Crippen molar-refractivity contribution in [1.29, 1.82) is 0 Å². The lowest BCUT2D eigenvalue weighted by molar-refractivity contribution is -0.143. The minimum atomic E-state index is -0.781. The van der Waals surface area contributed by atoms with Crippen LogP contribution in [0.1, 0.15) is 25.0 Å². The van der Waals surface area contributed by atoms with Crippen molar-refractivity contribution >= 4 is 46.6 Å². The van der Waals surface area contributed by atoms with Gasteiger partial charge in [-0.15, -0.1) is 0 Å². The number of benzene rings is 3. The Labute approximate surface area is 220 Å². The first-order valence-electron chi connectivity index (χ1n) is 11.2. The van der Waals surface area contributed by atoms with E-state index in [9.17, 15) is 9.59 Å². The summed E-state index contributed by atoms with van der Waals surface area (Å²) in [6, 6.07) is 20.8. The normalized spacial score (nSPS) is 11.7. The standard InChI is InChI=1S/C27H27Cl3N2O3/c1-18(2)31-27(34)24(15-19-8-4-3-5-9-19)32(16-20-12-13-21(28)23(30)14-20)26(33)17-35-25-11-7-6-10-22(25)29/h3-14,18,24H,15-17H2,1-2H3,(H,31,34)/t24-/m0/s1. The van der Waals surface area contributed by atoms with Gasteiger partial charge < -0.3 is 15.0 Å². The van der Waals surface area contributed by atoms with Gasteiger partial charge >= 0.3 is 0 Å². The summed E-state index contributed by atoms with van der Waals surface area (Å²) in [5.41, 5.74) is 1.66. The zero-order chi connectivity index (χ0) is 25.4. The molecule has 0 aliphatic rings. The number of amides is 2. The van der Waals surface area contributed by atoms with Crippen LogP contribution in [0.5, 0.6) is 5.75 Å². The second-order valence-electron chi connectivity index (χ2n) is 8.36. The van der Waals surface area contributed by atoms with Gasteiger partial charge in [0.05, 0.1) is 15.1 Å². The van der Waals surface area contributed by atoms with Gasteiger partial charge in [-0.1, -0.05) is 83.3 Å². The van der Waals surface area contributed by atoms with Gasteiger partial charge in [0.25, 0.3) is 5.91 Å². The summed E-state index contributed by atoms with van der Waals surface area (Å²) >= 11 is 18.5. The largest absolute Gasteiger partial charge is 0.482 e. The summed E-state index contributed by atoms with van der Waals surface area (Å²) in [5.74, 6) is -0.228. The molecule has 184 valence electrons. The SMILES string of the molecule is CC(C)NC(=O)[C@H](Cc1ccccc1)N(Cc1ccc(Cl)c(Cl)c1)C(=O)COc1ccccc1Cl. The van der Waals surface area contributed by atoms with Crippen LogP contribution in [-0.2, 0) is 22.6 Å². The number of nitrogens with zero attached hydrogens (tertiary/aromatic N) is 1. The molecule has 3 aromatic rings. The monoisotopic (exact) mass is 532 g/mol. The molecule has 0 radical (unpaired) electrons. The molecule has 0 spiro atoms. The van der Waals surface area contributed by atoms with Crippen LogP contribution in [0.15, 0.2) is 72.8 Å². The van der Waals surface area contributed by atoms with Crippen molar-refractivity contribution in [3.63, 3.8) is 0 Å². The Morgan fingerprint density at radius 3 is 2.20 bits per heavy atom. The number of halogens is 3. The minimum Gasteiger partial charge on any atom is -0.482 e. The highest BCUT2D eigenvalue weighted by atomic mass is 35.5. The van der Waals surface area contributed by atoms with Gasteiger partial charge in [-0.2, -0.15) is 0 Å². The second-order valence-corrected chi connectivity index (χ2v) is 9.58. The van der Waals surface area contributed by atoms with Crippen LogP contribution in [0.3, 0.4) is 0 Å².